The second kappa shape index (κ2) is 4.69. The summed E-state index contributed by atoms with van der Waals surface area (Å²) in [6.45, 7) is 0. The summed E-state index contributed by atoms with van der Waals surface area (Å²) in [4.78, 5) is 21.6. The largest absolute Gasteiger partial charge is 0.493 e. The van der Waals surface area contributed by atoms with E-state index < -0.39 is 34.5 Å². The Morgan fingerprint density at radius 1 is 1.38 bits per heavy atom. The highest BCUT2D eigenvalue weighted by atomic mass is 19.1. The Balaban J connectivity index is 3.52. The summed E-state index contributed by atoms with van der Waals surface area (Å²) >= 11 is 0. The summed E-state index contributed by atoms with van der Waals surface area (Å²) in [6.07, 6.45) is 0.00818. The molecule has 0 amide bonds. The van der Waals surface area contributed by atoms with Crippen LogP contribution in [-0.2, 0) is 4.74 Å². The van der Waals surface area contributed by atoms with E-state index in [1.807, 2.05) is 0 Å². The fourth-order valence-corrected chi connectivity index (χ4v) is 1.18. The number of rotatable bonds is 3. The van der Waals surface area contributed by atoms with Gasteiger partial charge in [0.1, 0.15) is 11.4 Å². The van der Waals surface area contributed by atoms with E-state index in [1.54, 1.807) is 0 Å². The van der Waals surface area contributed by atoms with Crippen LogP contribution >= 0.6 is 0 Å². The van der Waals surface area contributed by atoms with Crippen LogP contribution in [0.3, 0.4) is 0 Å². The highest BCUT2D eigenvalue weighted by molar-refractivity contribution is 5.94. The molecule has 0 aliphatic carbocycles. The van der Waals surface area contributed by atoms with Crippen molar-refractivity contribution in [2.75, 3.05) is 14.2 Å². The van der Waals surface area contributed by atoms with Crippen LogP contribution in [0.4, 0.5) is 8.78 Å². The van der Waals surface area contributed by atoms with E-state index in [0.717, 1.165) is 14.2 Å². The fourth-order valence-electron chi connectivity index (χ4n) is 1.18. The Morgan fingerprint density at radius 2 is 2.00 bits per heavy atom. The van der Waals surface area contributed by atoms with Crippen molar-refractivity contribution >= 4 is 12.3 Å². The van der Waals surface area contributed by atoms with Gasteiger partial charge in [-0.2, -0.15) is 0 Å². The molecule has 86 valence electrons. The van der Waals surface area contributed by atoms with Gasteiger partial charge in [-0.3, -0.25) is 4.79 Å². The maximum Gasteiger partial charge on any atom is 0.341 e. The van der Waals surface area contributed by atoms with E-state index in [-0.39, 0.29) is 6.29 Å². The zero-order valence-corrected chi connectivity index (χ0v) is 8.54. The first-order valence-electron chi connectivity index (χ1n) is 4.16. The summed E-state index contributed by atoms with van der Waals surface area (Å²) in [5.74, 6) is -3.84. The highest BCUT2D eigenvalue weighted by Gasteiger charge is 2.23. The van der Waals surface area contributed by atoms with Crippen LogP contribution in [-0.4, -0.2) is 26.5 Å². The van der Waals surface area contributed by atoms with Crippen molar-refractivity contribution in [1.29, 1.82) is 0 Å². The normalized spacial score (nSPS) is 9.75. The molecule has 0 heterocycles. The minimum atomic E-state index is -1.22. The number of hydrogen-bond acceptors (Lipinski definition) is 4. The van der Waals surface area contributed by atoms with Gasteiger partial charge in [0.25, 0.3) is 0 Å². The molecule has 0 aromatic heterocycles. The van der Waals surface area contributed by atoms with Gasteiger partial charge in [0.2, 0.25) is 0 Å². The fraction of sp³-hybridized carbons (Fsp3) is 0.200. The van der Waals surface area contributed by atoms with Gasteiger partial charge in [0.15, 0.2) is 17.9 Å². The quantitative estimate of drug-likeness (QED) is 0.584. The molecule has 0 aliphatic heterocycles. The standard InChI is InChI=1S/C10H8F2O4/c1-15-9-5(10(14)16-2)3-7(11)6(4-13)8(9)12/h3-4H,1-2H3. The first-order valence-corrected chi connectivity index (χ1v) is 4.16. The maximum absolute atomic E-state index is 13.5. The first-order chi connectivity index (χ1) is 7.56. The van der Waals surface area contributed by atoms with Crippen LogP contribution in [0.25, 0.3) is 0 Å². The highest BCUT2D eigenvalue weighted by Crippen LogP contribution is 2.27. The molecule has 0 bridgehead atoms. The van der Waals surface area contributed by atoms with Gasteiger partial charge in [0.05, 0.1) is 19.8 Å². The number of hydrogen-bond donors (Lipinski definition) is 0. The van der Waals surface area contributed by atoms with Crippen molar-refractivity contribution in [2.24, 2.45) is 0 Å². The second-order valence-corrected chi connectivity index (χ2v) is 2.78. The predicted octanol–water partition coefficient (Wildman–Crippen LogP) is 1.57. The molecule has 0 fully saturated rings. The SMILES string of the molecule is COC(=O)c1cc(F)c(C=O)c(F)c1OC. The molecule has 6 heteroatoms. The molecule has 0 N–H and O–H groups in total. The lowest BCUT2D eigenvalue weighted by atomic mass is 10.1. The van der Waals surface area contributed by atoms with Gasteiger partial charge in [-0.15, -0.1) is 0 Å². The predicted molar refractivity (Wildman–Crippen MR) is 49.6 cm³/mol. The molecule has 1 aromatic rings. The number of carbonyl (C=O) groups excluding carboxylic acids is 2. The van der Waals surface area contributed by atoms with Gasteiger partial charge >= 0.3 is 5.97 Å². The lowest BCUT2D eigenvalue weighted by Gasteiger charge is -2.09. The molecule has 1 rings (SSSR count). The van der Waals surface area contributed by atoms with Crippen LogP contribution in [0.1, 0.15) is 20.7 Å². The van der Waals surface area contributed by atoms with Crippen LogP contribution in [0.2, 0.25) is 0 Å². The number of halogens is 2. The molecule has 0 saturated heterocycles. The van der Waals surface area contributed by atoms with E-state index in [0.29, 0.717) is 6.07 Å². The molecule has 1 aromatic carbocycles. The second-order valence-electron chi connectivity index (χ2n) is 2.78. The van der Waals surface area contributed by atoms with Gasteiger partial charge in [-0.05, 0) is 6.07 Å². The Kier molecular flexibility index (Phi) is 3.55. The zero-order chi connectivity index (χ0) is 12.3. The van der Waals surface area contributed by atoms with Crippen molar-refractivity contribution in [3.63, 3.8) is 0 Å². The molecule has 0 saturated carbocycles. The Bertz CT molecular complexity index is 443. The Labute approximate surface area is 89.8 Å². The number of ether oxygens (including phenoxy) is 2. The van der Waals surface area contributed by atoms with Crippen molar-refractivity contribution in [2.45, 2.75) is 0 Å². The minimum Gasteiger partial charge on any atom is -0.493 e. The van der Waals surface area contributed by atoms with Gasteiger partial charge < -0.3 is 9.47 Å². The minimum absolute atomic E-state index is 0.00818. The van der Waals surface area contributed by atoms with Crippen LogP contribution in [0.15, 0.2) is 6.07 Å². The molecular formula is C10H8F2O4. The summed E-state index contributed by atoms with van der Waals surface area (Å²) in [5.41, 5.74) is -1.20. The zero-order valence-electron chi connectivity index (χ0n) is 8.54. The monoisotopic (exact) mass is 230 g/mol. The smallest absolute Gasteiger partial charge is 0.341 e. The molecule has 0 radical (unpaired) electrons. The summed E-state index contributed by atoms with van der Waals surface area (Å²) in [7, 11) is 2.16. The van der Waals surface area contributed by atoms with E-state index in [1.165, 1.54) is 0 Å². The van der Waals surface area contributed by atoms with Gasteiger partial charge in [-0.25, -0.2) is 13.6 Å². The Morgan fingerprint density at radius 3 is 2.44 bits per heavy atom. The third-order valence-electron chi connectivity index (χ3n) is 1.94. The lowest BCUT2D eigenvalue weighted by molar-refractivity contribution is 0.0595. The van der Waals surface area contributed by atoms with E-state index in [2.05, 4.69) is 9.47 Å². The van der Waals surface area contributed by atoms with Crippen LogP contribution in [0, 0.1) is 11.6 Å². The third-order valence-corrected chi connectivity index (χ3v) is 1.94. The lowest BCUT2D eigenvalue weighted by Crippen LogP contribution is -2.09. The topological polar surface area (TPSA) is 52.6 Å². The van der Waals surface area contributed by atoms with Crippen LogP contribution < -0.4 is 4.74 Å². The molecule has 0 atom stereocenters. The molecular weight excluding hydrogens is 222 g/mol. The van der Waals surface area contributed by atoms with E-state index in [4.69, 9.17) is 0 Å². The maximum atomic E-state index is 13.5. The molecule has 0 unspecified atom stereocenters. The molecule has 0 aliphatic rings. The van der Waals surface area contributed by atoms with Crippen molar-refractivity contribution in [3.05, 3.63) is 28.8 Å². The number of benzene rings is 1. The van der Waals surface area contributed by atoms with E-state index >= 15 is 0 Å². The summed E-state index contributed by atoms with van der Waals surface area (Å²) < 4.78 is 35.6. The van der Waals surface area contributed by atoms with Crippen molar-refractivity contribution < 1.29 is 27.8 Å². The van der Waals surface area contributed by atoms with Crippen molar-refractivity contribution in [3.8, 4) is 5.75 Å². The summed E-state index contributed by atoms with van der Waals surface area (Å²) in [5, 5.41) is 0. The number of aldehydes is 1. The number of methoxy groups -OCH3 is 2. The summed E-state index contributed by atoms with van der Waals surface area (Å²) in [6, 6.07) is 0.692. The van der Waals surface area contributed by atoms with Crippen LogP contribution in [0.5, 0.6) is 5.75 Å². The Hall–Kier alpha value is -1.98. The van der Waals surface area contributed by atoms with E-state index in [9.17, 15) is 18.4 Å². The van der Waals surface area contributed by atoms with Gasteiger partial charge in [0, 0.05) is 0 Å². The van der Waals surface area contributed by atoms with Gasteiger partial charge in [-0.1, -0.05) is 0 Å². The molecule has 0 spiro atoms. The molecule has 16 heavy (non-hydrogen) atoms. The third kappa shape index (κ3) is 1.86. The number of esters is 1. The van der Waals surface area contributed by atoms with Crippen molar-refractivity contribution in [1.82, 2.24) is 0 Å². The first kappa shape index (κ1) is 12.1. The number of carbonyl (C=O) groups is 2. The average Bonchev–Trinajstić information content (AvgIpc) is 2.28. The molecule has 4 nitrogen and oxygen atoms in total. The average molecular weight is 230 g/mol.